The number of rotatable bonds is 15. The van der Waals surface area contributed by atoms with E-state index in [4.69, 9.17) is 10.5 Å². The van der Waals surface area contributed by atoms with Gasteiger partial charge in [0, 0.05) is 38.8 Å². The molecule has 0 saturated carbocycles. The monoisotopic (exact) mass is 955 g/mol. The maximum atomic E-state index is 14.9. The lowest BCUT2D eigenvalue weighted by Crippen LogP contribution is -2.66. The number of likely N-dealkylation sites (tertiary alicyclic amines) is 1. The Kier molecular flexibility index (Phi) is 19.7. The highest BCUT2D eigenvalue weighted by atomic mass is 16.5. The van der Waals surface area contributed by atoms with E-state index in [1.807, 2.05) is 20.8 Å². The van der Waals surface area contributed by atoms with Crippen LogP contribution in [0.2, 0.25) is 0 Å². The third-order valence-corrected chi connectivity index (χ3v) is 13.5. The summed E-state index contributed by atoms with van der Waals surface area (Å²) >= 11 is 0. The molecule has 0 aliphatic carbocycles. The van der Waals surface area contributed by atoms with Crippen molar-refractivity contribution in [2.24, 2.45) is 29.4 Å². The fourth-order valence-electron chi connectivity index (χ4n) is 9.16. The Morgan fingerprint density at radius 2 is 1.51 bits per heavy atom. The molecule has 3 fully saturated rings. The Balaban J connectivity index is 1.93. The molecule has 20 nitrogen and oxygen atoms in total. The molecule has 0 unspecified atom stereocenters. The van der Waals surface area contributed by atoms with Crippen molar-refractivity contribution in [2.45, 2.75) is 174 Å². The number of primary amides is 1. The minimum Gasteiger partial charge on any atom is -0.508 e. The number of aromatic hydroxyl groups is 1. The number of amides is 8. The molecule has 8 N–H and O–H groups in total. The van der Waals surface area contributed by atoms with E-state index in [-0.39, 0.29) is 63.2 Å². The number of nitrogens with zero attached hydrogens (tertiary/aromatic N) is 3. The average Bonchev–Trinajstić information content (AvgIpc) is 3.61. The molecule has 8 amide bonds. The van der Waals surface area contributed by atoms with Crippen molar-refractivity contribution in [3.63, 3.8) is 0 Å². The molecule has 0 radical (unpaired) electrons. The van der Waals surface area contributed by atoms with Gasteiger partial charge >= 0.3 is 5.97 Å². The van der Waals surface area contributed by atoms with Crippen LogP contribution in [-0.4, -0.2) is 146 Å². The normalized spacial score (nSPS) is 27.9. The van der Waals surface area contributed by atoms with Gasteiger partial charge in [-0.1, -0.05) is 80.4 Å². The molecule has 3 saturated heterocycles. The molecule has 3 heterocycles. The van der Waals surface area contributed by atoms with Gasteiger partial charge in [0.15, 0.2) is 0 Å². The van der Waals surface area contributed by atoms with Crippen LogP contribution < -0.4 is 27.0 Å². The molecule has 3 aliphatic rings. The van der Waals surface area contributed by atoms with Crippen LogP contribution in [0.25, 0.3) is 0 Å². The van der Waals surface area contributed by atoms with E-state index in [1.54, 1.807) is 46.8 Å². The third-order valence-electron chi connectivity index (χ3n) is 13.5. The Morgan fingerprint density at radius 3 is 2.10 bits per heavy atom. The van der Waals surface area contributed by atoms with Gasteiger partial charge in [-0.2, -0.15) is 0 Å². The lowest BCUT2D eigenvalue weighted by molar-refractivity contribution is -0.168. The van der Waals surface area contributed by atoms with Gasteiger partial charge in [-0.25, -0.2) is 4.79 Å². The smallest absolute Gasteiger partial charge is 0.329 e. The summed E-state index contributed by atoms with van der Waals surface area (Å²) in [6.07, 6.45) is -2.15. The van der Waals surface area contributed by atoms with Gasteiger partial charge in [0.25, 0.3) is 0 Å². The van der Waals surface area contributed by atoms with E-state index in [1.165, 1.54) is 24.1 Å². The lowest BCUT2D eigenvalue weighted by atomic mass is 9.91. The lowest BCUT2D eigenvalue weighted by Gasteiger charge is -2.44. The number of likely N-dealkylation sites (N-methyl/N-ethyl adjacent to an activating group) is 1. The zero-order valence-electron chi connectivity index (χ0n) is 41.0. The SMILES string of the molecule is CCCC(=O)N[C@@H](CCC(N)=O)C(=O)N1C[C@H](C)[C@H]2OC(=O)[C@H]([C@@H](C)CC)NC(=O)[C@H](Cc3ccc(O)cc3)N(C)C(=O)[C@H]([C@@H](C)CC)N3C(=O)[C@H](CC[C@@H]3O)NC(=O)[C@H](CC(C)C)NC(=O)[C@H]21. The molecular weight excluding hydrogens is 881 g/mol. The second kappa shape index (κ2) is 24.5. The molecule has 2 bridgehead atoms. The van der Waals surface area contributed by atoms with Crippen molar-refractivity contribution in [3.05, 3.63) is 29.8 Å². The first-order valence-corrected chi connectivity index (χ1v) is 24.1. The summed E-state index contributed by atoms with van der Waals surface area (Å²) in [5.74, 6) is -8.90. The molecule has 0 spiro atoms. The first kappa shape index (κ1) is 54.8. The van der Waals surface area contributed by atoms with Crippen LogP contribution in [0.5, 0.6) is 5.75 Å². The van der Waals surface area contributed by atoms with Crippen LogP contribution in [0.3, 0.4) is 0 Å². The largest absolute Gasteiger partial charge is 0.508 e. The number of hydrogen-bond acceptors (Lipinski definition) is 12. The first-order valence-electron chi connectivity index (χ1n) is 24.1. The molecule has 68 heavy (non-hydrogen) atoms. The number of carbonyl (C=O) groups is 9. The molecule has 20 heteroatoms. The highest BCUT2D eigenvalue weighted by molar-refractivity contribution is 5.99. The van der Waals surface area contributed by atoms with Crippen LogP contribution in [0.1, 0.15) is 119 Å². The molecule has 1 aromatic rings. The number of esters is 1. The molecule has 1 aromatic carbocycles. The number of phenols is 1. The van der Waals surface area contributed by atoms with Gasteiger partial charge < -0.3 is 56.7 Å². The van der Waals surface area contributed by atoms with Crippen molar-refractivity contribution in [1.82, 2.24) is 36.0 Å². The summed E-state index contributed by atoms with van der Waals surface area (Å²) in [7, 11) is 1.40. The van der Waals surface area contributed by atoms with Crippen molar-refractivity contribution in [1.29, 1.82) is 0 Å². The Bertz CT molecular complexity index is 2000. The second-order valence-electron chi connectivity index (χ2n) is 19.3. The summed E-state index contributed by atoms with van der Waals surface area (Å²) in [6.45, 7) is 13.9. The van der Waals surface area contributed by atoms with Crippen LogP contribution >= 0.6 is 0 Å². The van der Waals surface area contributed by atoms with Crippen LogP contribution in [0, 0.1) is 23.7 Å². The number of carbonyl (C=O) groups excluding carboxylic acids is 9. The predicted molar refractivity (Wildman–Crippen MR) is 248 cm³/mol. The highest BCUT2D eigenvalue weighted by Gasteiger charge is 2.52. The first-order chi connectivity index (χ1) is 32.0. The van der Waals surface area contributed by atoms with Crippen molar-refractivity contribution < 1.29 is 58.1 Å². The van der Waals surface area contributed by atoms with Gasteiger partial charge in [-0.15, -0.1) is 0 Å². The molecule has 0 aromatic heterocycles. The zero-order chi connectivity index (χ0) is 50.7. The standard InChI is InChI=1S/C48H74N8O12/c1-10-13-36(59)50-31(18-20-35(49)58)45(64)55-24-28(8)41-40(55)44(63)52-33(22-25(4)5)42(61)51-32-19-21-37(60)56(46(32)65)39(27(7)12-3)47(66)54(9)34(23-29-14-16-30(57)17-15-29)43(62)53-38(26(6)11-2)48(67)68-41/h14-17,25-28,31-34,37-41,57,60H,10-13,18-24H2,1-9H3,(H2,49,58)(H,50,59)(H,51,61)(H,52,63)(H,53,62)/t26-,27-,28-,31-,32-,33-,34-,37-,38-,39-,40-,41+/m0/s1. The Hall–Kier alpha value is -5.79. The summed E-state index contributed by atoms with van der Waals surface area (Å²) in [4.78, 5) is 131. The third kappa shape index (κ3) is 13.5. The number of benzene rings is 1. The molecule has 4 rings (SSSR count). The summed E-state index contributed by atoms with van der Waals surface area (Å²) in [6, 6.07) is -3.46. The minimum absolute atomic E-state index is 0.0123. The second-order valence-corrected chi connectivity index (χ2v) is 19.3. The maximum absolute atomic E-state index is 14.9. The number of aliphatic hydroxyl groups excluding tert-OH is 1. The van der Waals surface area contributed by atoms with E-state index in [9.17, 15) is 53.4 Å². The molecule has 12 atom stereocenters. The van der Waals surface area contributed by atoms with Crippen molar-refractivity contribution in [3.8, 4) is 5.75 Å². The summed E-state index contributed by atoms with van der Waals surface area (Å²) in [5, 5.41) is 32.5. The number of piperidine rings is 1. The Morgan fingerprint density at radius 1 is 0.868 bits per heavy atom. The number of fused-ring (bicyclic) bond motifs is 3. The summed E-state index contributed by atoms with van der Waals surface area (Å²) < 4.78 is 6.23. The molecule has 378 valence electrons. The number of aliphatic hydroxyl groups is 1. The number of nitrogens with two attached hydrogens (primary N) is 1. The van der Waals surface area contributed by atoms with Crippen LogP contribution in [0.15, 0.2) is 24.3 Å². The maximum Gasteiger partial charge on any atom is 0.329 e. The van der Waals surface area contributed by atoms with E-state index >= 15 is 0 Å². The minimum atomic E-state index is -1.59. The van der Waals surface area contributed by atoms with Crippen LogP contribution in [0.4, 0.5) is 0 Å². The van der Waals surface area contributed by atoms with Gasteiger partial charge in [0.2, 0.25) is 47.3 Å². The number of phenolic OH excluding ortho intramolecular Hbond substituents is 1. The van der Waals surface area contributed by atoms with E-state index < -0.39 is 126 Å². The van der Waals surface area contributed by atoms with E-state index in [0.717, 1.165) is 9.80 Å². The zero-order valence-corrected chi connectivity index (χ0v) is 41.0. The molecular formula is C48H74N8O12. The fourth-order valence-corrected chi connectivity index (χ4v) is 9.16. The topological polar surface area (TPSA) is 287 Å². The van der Waals surface area contributed by atoms with E-state index in [2.05, 4.69) is 21.3 Å². The van der Waals surface area contributed by atoms with Crippen molar-refractivity contribution in [2.75, 3.05) is 13.6 Å². The van der Waals surface area contributed by atoms with Gasteiger partial charge in [0.05, 0.1) is 0 Å². The quantitative estimate of drug-likeness (QED) is 0.121. The number of ether oxygens (including phenoxy) is 1. The Labute approximate surface area is 399 Å². The number of hydrogen-bond donors (Lipinski definition) is 7. The van der Waals surface area contributed by atoms with E-state index in [0.29, 0.717) is 24.8 Å². The molecule has 3 aliphatic heterocycles. The fraction of sp³-hybridized carbons (Fsp3) is 0.688. The van der Waals surface area contributed by atoms with Gasteiger partial charge in [-0.3, -0.25) is 38.4 Å². The predicted octanol–water partition coefficient (Wildman–Crippen LogP) is 0.987. The highest BCUT2D eigenvalue weighted by Crippen LogP contribution is 2.31. The average molecular weight is 955 g/mol. The van der Waals surface area contributed by atoms with Crippen LogP contribution in [-0.2, 0) is 54.3 Å². The summed E-state index contributed by atoms with van der Waals surface area (Å²) in [5.41, 5.74) is 5.99. The van der Waals surface area contributed by atoms with Crippen molar-refractivity contribution >= 4 is 53.2 Å². The van der Waals surface area contributed by atoms with Gasteiger partial charge in [0.1, 0.15) is 60.4 Å². The number of nitrogens with one attached hydrogen (secondary N) is 4. The van der Waals surface area contributed by atoms with Gasteiger partial charge in [-0.05, 0) is 67.6 Å².